The first-order valence-electron chi connectivity index (χ1n) is 8.17. The van der Waals surface area contributed by atoms with Crippen LogP contribution in [0.5, 0.6) is 0 Å². The molecule has 2 aromatic rings. The van der Waals surface area contributed by atoms with E-state index in [0.717, 1.165) is 47.0 Å². The number of halogens is 2. The number of guanidine groups is 1. The van der Waals surface area contributed by atoms with Crippen molar-refractivity contribution in [2.45, 2.75) is 33.7 Å². The molecule has 0 radical (unpaired) electrons. The fourth-order valence-electron chi connectivity index (χ4n) is 2.54. The smallest absolute Gasteiger partial charge is 0.193 e. The highest BCUT2D eigenvalue weighted by molar-refractivity contribution is 14.0. The van der Waals surface area contributed by atoms with Crippen molar-refractivity contribution in [3.8, 4) is 0 Å². The third kappa shape index (κ3) is 6.62. The van der Waals surface area contributed by atoms with Crippen LogP contribution in [0, 0.1) is 13.8 Å². The SMILES string of the molecule is CCNC(=NCCc1c(C)noc1C)N(C)Cc1ccc(Br)cc1.I. The van der Waals surface area contributed by atoms with Crippen LogP contribution in [-0.2, 0) is 13.0 Å². The van der Waals surface area contributed by atoms with Gasteiger partial charge in [-0.05, 0) is 44.9 Å². The molecule has 0 aliphatic heterocycles. The van der Waals surface area contributed by atoms with Crippen LogP contribution in [0.15, 0.2) is 38.3 Å². The quantitative estimate of drug-likeness (QED) is 0.350. The molecule has 0 unspecified atom stereocenters. The zero-order valence-electron chi connectivity index (χ0n) is 15.2. The molecule has 2 rings (SSSR count). The Balaban J connectivity index is 0.00000312. The van der Waals surface area contributed by atoms with Gasteiger partial charge in [-0.25, -0.2) is 0 Å². The van der Waals surface area contributed by atoms with Crippen molar-refractivity contribution in [3.05, 3.63) is 51.3 Å². The Kier molecular flexibility index (Phi) is 9.48. The average molecular weight is 521 g/mol. The Morgan fingerprint density at radius 2 is 1.96 bits per heavy atom. The third-order valence-corrected chi connectivity index (χ3v) is 4.36. The second-order valence-electron chi connectivity index (χ2n) is 5.77. The van der Waals surface area contributed by atoms with Crippen LogP contribution in [0.2, 0.25) is 0 Å². The van der Waals surface area contributed by atoms with Crippen molar-refractivity contribution in [2.24, 2.45) is 4.99 Å². The van der Waals surface area contributed by atoms with Crippen LogP contribution in [0.25, 0.3) is 0 Å². The Hall–Kier alpha value is -1.09. The highest BCUT2D eigenvalue weighted by Crippen LogP contribution is 2.13. The van der Waals surface area contributed by atoms with Crippen molar-refractivity contribution in [2.75, 3.05) is 20.1 Å². The Labute approximate surface area is 175 Å². The van der Waals surface area contributed by atoms with Crippen LogP contribution < -0.4 is 5.32 Å². The first kappa shape index (κ1) is 22.0. The van der Waals surface area contributed by atoms with Crippen molar-refractivity contribution in [1.82, 2.24) is 15.4 Å². The van der Waals surface area contributed by atoms with E-state index < -0.39 is 0 Å². The summed E-state index contributed by atoms with van der Waals surface area (Å²) in [6.45, 7) is 8.36. The molecule has 25 heavy (non-hydrogen) atoms. The van der Waals surface area contributed by atoms with E-state index in [1.165, 1.54) is 5.56 Å². The first-order chi connectivity index (χ1) is 11.5. The second-order valence-corrected chi connectivity index (χ2v) is 6.69. The topological polar surface area (TPSA) is 53.7 Å². The molecule has 0 atom stereocenters. The van der Waals surface area contributed by atoms with E-state index in [0.29, 0.717) is 6.54 Å². The van der Waals surface area contributed by atoms with Gasteiger partial charge < -0.3 is 14.7 Å². The summed E-state index contributed by atoms with van der Waals surface area (Å²) in [5.74, 6) is 1.79. The Bertz CT molecular complexity index is 665. The van der Waals surface area contributed by atoms with E-state index in [-0.39, 0.29) is 24.0 Å². The minimum Gasteiger partial charge on any atom is -0.361 e. The molecule has 0 spiro atoms. The molecule has 1 N–H and O–H groups in total. The zero-order chi connectivity index (χ0) is 17.5. The van der Waals surface area contributed by atoms with E-state index >= 15 is 0 Å². The van der Waals surface area contributed by atoms with Gasteiger partial charge in [-0.3, -0.25) is 4.99 Å². The normalized spacial score (nSPS) is 11.2. The molecule has 0 saturated heterocycles. The fourth-order valence-corrected chi connectivity index (χ4v) is 2.80. The van der Waals surface area contributed by atoms with Crippen LogP contribution >= 0.6 is 39.9 Å². The molecule has 0 fully saturated rings. The molecular formula is C18H26BrIN4O. The molecule has 138 valence electrons. The van der Waals surface area contributed by atoms with E-state index in [9.17, 15) is 0 Å². The lowest BCUT2D eigenvalue weighted by Gasteiger charge is -2.22. The van der Waals surface area contributed by atoms with Crippen LogP contribution in [0.3, 0.4) is 0 Å². The Morgan fingerprint density at radius 3 is 2.52 bits per heavy atom. The van der Waals surface area contributed by atoms with Gasteiger partial charge in [0.05, 0.1) is 5.69 Å². The summed E-state index contributed by atoms with van der Waals surface area (Å²) in [6, 6.07) is 8.36. The lowest BCUT2D eigenvalue weighted by atomic mass is 10.1. The minimum absolute atomic E-state index is 0. The number of aliphatic imine (C=N–C) groups is 1. The molecule has 7 heteroatoms. The number of aromatic nitrogens is 1. The maximum Gasteiger partial charge on any atom is 0.193 e. The van der Waals surface area contributed by atoms with Gasteiger partial charge in [-0.15, -0.1) is 24.0 Å². The van der Waals surface area contributed by atoms with E-state index in [1.54, 1.807) is 0 Å². The average Bonchev–Trinajstić information content (AvgIpc) is 2.88. The van der Waals surface area contributed by atoms with Gasteiger partial charge in [0.2, 0.25) is 0 Å². The number of benzene rings is 1. The number of hydrogen-bond acceptors (Lipinski definition) is 3. The number of aryl methyl sites for hydroxylation is 2. The fraction of sp³-hybridized carbons (Fsp3) is 0.444. The highest BCUT2D eigenvalue weighted by atomic mass is 127. The van der Waals surface area contributed by atoms with Gasteiger partial charge in [-0.1, -0.05) is 33.2 Å². The minimum atomic E-state index is 0. The third-order valence-electron chi connectivity index (χ3n) is 3.83. The lowest BCUT2D eigenvalue weighted by molar-refractivity contribution is 0.392. The molecule has 1 aromatic heterocycles. The number of rotatable bonds is 6. The summed E-state index contributed by atoms with van der Waals surface area (Å²) in [5, 5.41) is 7.35. The standard InChI is InChI=1S/C18H25BrN4O.HI/c1-5-20-18(21-11-10-17-13(2)22-24-14(17)3)23(4)12-15-6-8-16(19)9-7-15;/h6-9H,5,10-12H2,1-4H3,(H,20,21);1H. The molecule has 5 nitrogen and oxygen atoms in total. The summed E-state index contributed by atoms with van der Waals surface area (Å²) in [4.78, 5) is 6.88. The lowest BCUT2D eigenvalue weighted by Crippen LogP contribution is -2.38. The predicted octanol–water partition coefficient (Wildman–Crippen LogP) is 4.31. The van der Waals surface area contributed by atoms with Gasteiger partial charge in [-0.2, -0.15) is 0 Å². The molecule has 0 aliphatic carbocycles. The first-order valence-corrected chi connectivity index (χ1v) is 8.96. The summed E-state index contributed by atoms with van der Waals surface area (Å²) < 4.78 is 6.30. The molecule has 1 heterocycles. The number of nitrogens with one attached hydrogen (secondary N) is 1. The second kappa shape index (κ2) is 10.8. The van der Waals surface area contributed by atoms with Gasteiger partial charge in [0.25, 0.3) is 0 Å². The van der Waals surface area contributed by atoms with Crippen molar-refractivity contribution >= 4 is 45.9 Å². The summed E-state index contributed by atoms with van der Waals surface area (Å²) >= 11 is 3.47. The highest BCUT2D eigenvalue weighted by Gasteiger charge is 2.10. The van der Waals surface area contributed by atoms with Crippen molar-refractivity contribution in [3.63, 3.8) is 0 Å². The van der Waals surface area contributed by atoms with Crippen LogP contribution in [0.4, 0.5) is 0 Å². The maximum absolute atomic E-state index is 5.21. The molecule has 0 aliphatic rings. The van der Waals surface area contributed by atoms with Gasteiger partial charge in [0.1, 0.15) is 5.76 Å². The van der Waals surface area contributed by atoms with E-state index in [4.69, 9.17) is 9.52 Å². The van der Waals surface area contributed by atoms with Gasteiger partial charge in [0, 0.05) is 36.7 Å². The molecule has 0 saturated carbocycles. The summed E-state index contributed by atoms with van der Waals surface area (Å²) in [5.41, 5.74) is 3.36. The maximum atomic E-state index is 5.21. The monoisotopic (exact) mass is 520 g/mol. The zero-order valence-corrected chi connectivity index (χ0v) is 19.1. The number of hydrogen-bond donors (Lipinski definition) is 1. The molecule has 1 aromatic carbocycles. The van der Waals surface area contributed by atoms with E-state index in [2.05, 4.69) is 69.5 Å². The van der Waals surface area contributed by atoms with Crippen LogP contribution in [0.1, 0.15) is 29.5 Å². The van der Waals surface area contributed by atoms with Crippen molar-refractivity contribution in [1.29, 1.82) is 0 Å². The summed E-state index contributed by atoms with van der Waals surface area (Å²) in [6.07, 6.45) is 0.836. The number of nitrogens with zero attached hydrogens (tertiary/aromatic N) is 3. The van der Waals surface area contributed by atoms with Crippen LogP contribution in [-0.4, -0.2) is 36.2 Å². The van der Waals surface area contributed by atoms with Crippen molar-refractivity contribution < 1.29 is 4.52 Å². The molecule has 0 bridgehead atoms. The van der Waals surface area contributed by atoms with Gasteiger partial charge >= 0.3 is 0 Å². The summed E-state index contributed by atoms with van der Waals surface area (Å²) in [7, 11) is 2.06. The predicted molar refractivity (Wildman–Crippen MR) is 117 cm³/mol. The molecule has 0 amide bonds. The largest absolute Gasteiger partial charge is 0.361 e. The molecular weight excluding hydrogens is 495 g/mol. The Morgan fingerprint density at radius 1 is 1.28 bits per heavy atom. The van der Waals surface area contributed by atoms with Gasteiger partial charge in [0.15, 0.2) is 5.96 Å². The van der Waals surface area contributed by atoms with E-state index in [1.807, 2.05) is 13.8 Å².